The Morgan fingerprint density at radius 3 is 2.26 bits per heavy atom. The maximum Gasteiger partial charge on any atom is 0.0322 e. The van der Waals surface area contributed by atoms with E-state index in [0.29, 0.717) is 12.1 Å². The minimum Gasteiger partial charge on any atom is -0.307 e. The van der Waals surface area contributed by atoms with Crippen LogP contribution in [0.2, 0.25) is 0 Å². The molecule has 0 spiro atoms. The van der Waals surface area contributed by atoms with E-state index in [-0.39, 0.29) is 0 Å². The molecule has 1 nitrogen and oxygen atoms in total. The van der Waals surface area contributed by atoms with Crippen LogP contribution in [0, 0.1) is 5.92 Å². The highest BCUT2D eigenvalue weighted by molar-refractivity contribution is 5.18. The van der Waals surface area contributed by atoms with Crippen LogP contribution in [-0.4, -0.2) is 6.04 Å². The molecule has 0 saturated heterocycles. The molecule has 0 aliphatic heterocycles. The Morgan fingerprint density at radius 2 is 1.68 bits per heavy atom. The summed E-state index contributed by atoms with van der Waals surface area (Å²) in [5.74, 6) is 0.759. The van der Waals surface area contributed by atoms with Gasteiger partial charge in [0.1, 0.15) is 0 Å². The van der Waals surface area contributed by atoms with E-state index in [1.807, 2.05) is 0 Å². The Kier molecular flexibility index (Phi) is 7.81. The Bertz CT molecular complexity index is 318. The number of unbranched alkanes of at least 4 members (excludes halogenated alkanes) is 2. The third-order valence-electron chi connectivity index (χ3n) is 3.61. The lowest BCUT2D eigenvalue weighted by Crippen LogP contribution is -2.31. The van der Waals surface area contributed by atoms with Crippen molar-refractivity contribution in [3.8, 4) is 0 Å². The summed E-state index contributed by atoms with van der Waals surface area (Å²) >= 11 is 0. The highest BCUT2D eigenvalue weighted by Gasteiger charge is 2.14. The SMILES string of the molecule is CCCCCC(NC(C)CC(C)C)c1ccccc1. The van der Waals surface area contributed by atoms with Crippen LogP contribution < -0.4 is 5.32 Å². The first-order valence-corrected chi connectivity index (χ1v) is 7.94. The van der Waals surface area contributed by atoms with E-state index in [2.05, 4.69) is 63.3 Å². The van der Waals surface area contributed by atoms with E-state index < -0.39 is 0 Å². The van der Waals surface area contributed by atoms with Gasteiger partial charge >= 0.3 is 0 Å². The van der Waals surface area contributed by atoms with E-state index in [9.17, 15) is 0 Å². The van der Waals surface area contributed by atoms with E-state index in [1.54, 1.807) is 0 Å². The first kappa shape index (κ1) is 16.2. The molecule has 0 fully saturated rings. The molecule has 0 aliphatic rings. The van der Waals surface area contributed by atoms with Gasteiger partial charge in [-0.2, -0.15) is 0 Å². The van der Waals surface area contributed by atoms with Gasteiger partial charge in [0, 0.05) is 12.1 Å². The van der Waals surface area contributed by atoms with Gasteiger partial charge in [-0.1, -0.05) is 70.4 Å². The molecular weight excluding hydrogens is 230 g/mol. The summed E-state index contributed by atoms with van der Waals surface area (Å²) in [6.07, 6.45) is 6.45. The van der Waals surface area contributed by atoms with Crippen LogP contribution in [0.4, 0.5) is 0 Å². The van der Waals surface area contributed by atoms with Crippen LogP contribution in [0.25, 0.3) is 0 Å². The Labute approximate surface area is 119 Å². The number of hydrogen-bond acceptors (Lipinski definition) is 1. The largest absolute Gasteiger partial charge is 0.307 e. The molecule has 1 N–H and O–H groups in total. The van der Waals surface area contributed by atoms with Crippen LogP contribution in [0.5, 0.6) is 0 Å². The minimum absolute atomic E-state index is 0.515. The van der Waals surface area contributed by atoms with E-state index >= 15 is 0 Å². The lowest BCUT2D eigenvalue weighted by Gasteiger charge is -2.25. The van der Waals surface area contributed by atoms with Gasteiger partial charge in [-0.3, -0.25) is 0 Å². The number of nitrogens with one attached hydrogen (secondary N) is 1. The van der Waals surface area contributed by atoms with Crippen LogP contribution in [-0.2, 0) is 0 Å². The van der Waals surface area contributed by atoms with E-state index in [4.69, 9.17) is 0 Å². The molecule has 2 unspecified atom stereocenters. The van der Waals surface area contributed by atoms with Crippen molar-refractivity contribution in [2.75, 3.05) is 0 Å². The van der Waals surface area contributed by atoms with E-state index in [0.717, 1.165) is 5.92 Å². The van der Waals surface area contributed by atoms with Gasteiger partial charge in [0.2, 0.25) is 0 Å². The zero-order valence-corrected chi connectivity index (χ0v) is 13.2. The Morgan fingerprint density at radius 1 is 1.00 bits per heavy atom. The second-order valence-electron chi connectivity index (χ2n) is 6.16. The first-order valence-electron chi connectivity index (χ1n) is 7.94. The molecule has 0 radical (unpaired) electrons. The molecule has 1 aromatic carbocycles. The average Bonchev–Trinajstić information content (AvgIpc) is 2.38. The van der Waals surface area contributed by atoms with Crippen molar-refractivity contribution in [2.24, 2.45) is 5.92 Å². The Balaban J connectivity index is 2.59. The quantitative estimate of drug-likeness (QED) is 0.592. The third kappa shape index (κ3) is 6.77. The van der Waals surface area contributed by atoms with Gasteiger partial charge in [-0.15, -0.1) is 0 Å². The van der Waals surface area contributed by atoms with Gasteiger partial charge < -0.3 is 5.32 Å². The fraction of sp³-hybridized carbons (Fsp3) is 0.667. The predicted octanol–water partition coefficient (Wildman–Crippen LogP) is 5.33. The highest BCUT2D eigenvalue weighted by atomic mass is 14.9. The summed E-state index contributed by atoms with van der Waals surface area (Å²) in [5, 5.41) is 3.82. The van der Waals surface area contributed by atoms with Crippen molar-refractivity contribution in [1.29, 1.82) is 0 Å². The van der Waals surface area contributed by atoms with Crippen molar-refractivity contribution in [3.63, 3.8) is 0 Å². The zero-order chi connectivity index (χ0) is 14.1. The second kappa shape index (κ2) is 9.14. The summed E-state index contributed by atoms with van der Waals surface area (Å²) < 4.78 is 0. The summed E-state index contributed by atoms with van der Waals surface area (Å²) in [7, 11) is 0. The summed E-state index contributed by atoms with van der Waals surface area (Å²) in [6.45, 7) is 9.18. The third-order valence-corrected chi connectivity index (χ3v) is 3.61. The first-order chi connectivity index (χ1) is 9.13. The molecule has 19 heavy (non-hydrogen) atoms. The second-order valence-corrected chi connectivity index (χ2v) is 6.16. The molecule has 0 bridgehead atoms. The molecule has 2 atom stereocenters. The maximum atomic E-state index is 3.82. The summed E-state index contributed by atoms with van der Waals surface area (Å²) in [4.78, 5) is 0. The monoisotopic (exact) mass is 261 g/mol. The van der Waals surface area contributed by atoms with Crippen LogP contribution in [0.1, 0.15) is 71.4 Å². The van der Waals surface area contributed by atoms with Gasteiger partial charge in [-0.25, -0.2) is 0 Å². The van der Waals surface area contributed by atoms with Crippen molar-refractivity contribution < 1.29 is 0 Å². The lowest BCUT2D eigenvalue weighted by molar-refractivity contribution is 0.374. The zero-order valence-electron chi connectivity index (χ0n) is 13.2. The molecule has 1 heteroatoms. The van der Waals surface area contributed by atoms with E-state index in [1.165, 1.54) is 37.7 Å². The summed E-state index contributed by atoms with van der Waals surface area (Å²) in [6, 6.07) is 12.0. The molecule has 1 aromatic rings. The number of benzene rings is 1. The molecule has 0 saturated carbocycles. The fourth-order valence-electron chi connectivity index (χ4n) is 2.75. The van der Waals surface area contributed by atoms with Crippen LogP contribution in [0.3, 0.4) is 0 Å². The normalized spacial score (nSPS) is 14.6. The molecule has 108 valence electrons. The topological polar surface area (TPSA) is 12.0 Å². The van der Waals surface area contributed by atoms with Crippen molar-refractivity contribution in [1.82, 2.24) is 5.32 Å². The predicted molar refractivity (Wildman–Crippen MR) is 85.4 cm³/mol. The lowest BCUT2D eigenvalue weighted by atomic mass is 9.97. The van der Waals surface area contributed by atoms with Gasteiger partial charge in [0.05, 0.1) is 0 Å². The van der Waals surface area contributed by atoms with Crippen LogP contribution >= 0.6 is 0 Å². The standard InChI is InChI=1S/C18H31N/c1-5-6-8-13-18(17-11-9-7-10-12-17)19-16(4)14-15(2)3/h7,9-12,15-16,18-19H,5-6,8,13-14H2,1-4H3. The maximum absolute atomic E-state index is 3.82. The molecule has 0 aliphatic carbocycles. The van der Waals surface area contributed by atoms with Gasteiger partial charge in [-0.05, 0) is 31.2 Å². The average molecular weight is 261 g/mol. The molecule has 0 amide bonds. The van der Waals surface area contributed by atoms with Crippen molar-refractivity contribution >= 4 is 0 Å². The summed E-state index contributed by atoms with van der Waals surface area (Å²) in [5.41, 5.74) is 1.44. The number of rotatable bonds is 9. The highest BCUT2D eigenvalue weighted by Crippen LogP contribution is 2.21. The number of hydrogen-bond donors (Lipinski definition) is 1. The smallest absolute Gasteiger partial charge is 0.0322 e. The fourth-order valence-corrected chi connectivity index (χ4v) is 2.75. The molecular formula is C18H31N. The Hall–Kier alpha value is -0.820. The molecule has 0 aromatic heterocycles. The van der Waals surface area contributed by atoms with Gasteiger partial charge in [0.25, 0.3) is 0 Å². The minimum atomic E-state index is 0.515. The van der Waals surface area contributed by atoms with Crippen molar-refractivity contribution in [2.45, 2.75) is 71.9 Å². The van der Waals surface area contributed by atoms with Gasteiger partial charge in [0.15, 0.2) is 0 Å². The molecule has 0 heterocycles. The van der Waals surface area contributed by atoms with Crippen LogP contribution in [0.15, 0.2) is 30.3 Å². The molecule has 1 rings (SSSR count). The van der Waals surface area contributed by atoms with Crippen molar-refractivity contribution in [3.05, 3.63) is 35.9 Å².